The zero-order valence-corrected chi connectivity index (χ0v) is 15.9. The molecule has 3 aromatic rings. The molecule has 1 aliphatic heterocycles. The van der Waals surface area contributed by atoms with E-state index < -0.39 is 0 Å². The minimum Gasteiger partial charge on any atom is -0.508 e. The predicted molar refractivity (Wildman–Crippen MR) is 110 cm³/mol. The molecule has 0 spiro atoms. The normalized spacial score (nSPS) is 14.8. The minimum absolute atomic E-state index is 0.0861. The number of phenols is 1. The maximum Gasteiger partial charge on any atom is 0.329 e. The van der Waals surface area contributed by atoms with Crippen LogP contribution in [0.1, 0.15) is 12.8 Å². The van der Waals surface area contributed by atoms with Gasteiger partial charge in [-0.15, -0.1) is 0 Å². The van der Waals surface area contributed by atoms with Gasteiger partial charge >= 0.3 is 6.03 Å². The lowest BCUT2D eigenvalue weighted by Crippen LogP contribution is -2.46. The molecule has 0 aliphatic carbocycles. The molecule has 0 bridgehead atoms. The summed E-state index contributed by atoms with van der Waals surface area (Å²) in [6.45, 7) is 1.87. The fourth-order valence-electron chi connectivity index (χ4n) is 3.73. The zero-order chi connectivity index (χ0) is 19.5. The third-order valence-electron chi connectivity index (χ3n) is 5.38. The molecule has 28 heavy (non-hydrogen) atoms. The molecule has 2 aromatic carbocycles. The van der Waals surface area contributed by atoms with Crippen LogP contribution in [0.2, 0.25) is 0 Å². The fourth-order valence-corrected chi connectivity index (χ4v) is 3.73. The van der Waals surface area contributed by atoms with Gasteiger partial charge in [0.2, 0.25) is 0 Å². The van der Waals surface area contributed by atoms with Crippen LogP contribution in [0.3, 0.4) is 0 Å². The SMILES string of the molecule is CN(C(=O)n1cnc(-c2cccc(O)c2)c1)C1CCN(c2ccccc2)CC1. The summed E-state index contributed by atoms with van der Waals surface area (Å²) < 4.78 is 1.52. The van der Waals surface area contributed by atoms with E-state index in [0.29, 0.717) is 5.69 Å². The van der Waals surface area contributed by atoms with Crippen LogP contribution in [0.5, 0.6) is 5.75 Å². The first-order chi connectivity index (χ1) is 13.6. The van der Waals surface area contributed by atoms with E-state index in [1.54, 1.807) is 24.4 Å². The van der Waals surface area contributed by atoms with E-state index in [1.807, 2.05) is 24.1 Å². The summed E-state index contributed by atoms with van der Waals surface area (Å²) in [4.78, 5) is 21.4. The molecule has 4 rings (SSSR count). The number of benzene rings is 2. The molecule has 2 heterocycles. The van der Waals surface area contributed by atoms with Gasteiger partial charge in [-0.05, 0) is 37.1 Å². The van der Waals surface area contributed by atoms with Crippen molar-refractivity contribution in [3.8, 4) is 17.0 Å². The number of nitrogens with zero attached hydrogens (tertiary/aromatic N) is 4. The maximum absolute atomic E-state index is 12.9. The average molecular weight is 376 g/mol. The largest absolute Gasteiger partial charge is 0.508 e. The predicted octanol–water partition coefficient (Wildman–Crippen LogP) is 3.82. The summed E-state index contributed by atoms with van der Waals surface area (Å²) in [5.74, 6) is 0.181. The number of aromatic hydroxyl groups is 1. The fraction of sp³-hybridized carbons (Fsp3) is 0.273. The molecular weight excluding hydrogens is 352 g/mol. The molecule has 1 amide bonds. The van der Waals surface area contributed by atoms with Gasteiger partial charge in [0.25, 0.3) is 0 Å². The highest BCUT2D eigenvalue weighted by Crippen LogP contribution is 2.24. The summed E-state index contributed by atoms with van der Waals surface area (Å²) >= 11 is 0. The number of piperidine rings is 1. The standard InChI is InChI=1S/C22H24N4O2/c1-24(18-10-12-25(13-11-18)19-7-3-2-4-8-19)22(28)26-15-21(23-16-26)17-6-5-9-20(27)14-17/h2-9,14-16,18,27H,10-13H2,1H3. The van der Waals surface area contributed by atoms with Gasteiger partial charge in [0.1, 0.15) is 12.1 Å². The van der Waals surface area contributed by atoms with E-state index in [-0.39, 0.29) is 17.8 Å². The van der Waals surface area contributed by atoms with E-state index >= 15 is 0 Å². The molecule has 6 nitrogen and oxygen atoms in total. The second-order valence-electron chi connectivity index (χ2n) is 7.16. The summed E-state index contributed by atoms with van der Waals surface area (Å²) in [5, 5.41) is 9.64. The van der Waals surface area contributed by atoms with Gasteiger partial charge in [-0.3, -0.25) is 4.57 Å². The topological polar surface area (TPSA) is 61.6 Å². The van der Waals surface area contributed by atoms with Crippen LogP contribution in [-0.2, 0) is 0 Å². The van der Waals surface area contributed by atoms with Crippen LogP contribution in [0.15, 0.2) is 67.1 Å². The van der Waals surface area contributed by atoms with E-state index in [9.17, 15) is 9.90 Å². The number of aromatic nitrogens is 2. The maximum atomic E-state index is 12.9. The van der Waals surface area contributed by atoms with E-state index in [4.69, 9.17) is 0 Å². The Morgan fingerprint density at radius 3 is 2.57 bits per heavy atom. The van der Waals surface area contributed by atoms with E-state index in [2.05, 4.69) is 34.1 Å². The van der Waals surface area contributed by atoms with Crippen molar-refractivity contribution in [2.75, 3.05) is 25.0 Å². The first-order valence-corrected chi connectivity index (χ1v) is 9.52. The summed E-state index contributed by atoms with van der Waals surface area (Å²) in [7, 11) is 1.86. The van der Waals surface area contributed by atoms with Crippen molar-refractivity contribution in [3.63, 3.8) is 0 Å². The highest BCUT2D eigenvalue weighted by atomic mass is 16.3. The molecule has 1 fully saturated rings. The van der Waals surface area contributed by atoms with Crippen LogP contribution < -0.4 is 4.90 Å². The third-order valence-corrected chi connectivity index (χ3v) is 5.38. The average Bonchev–Trinajstić information content (AvgIpc) is 3.24. The highest BCUT2D eigenvalue weighted by molar-refractivity contribution is 5.78. The van der Waals surface area contributed by atoms with Gasteiger partial charge in [-0.25, -0.2) is 9.78 Å². The Kier molecular flexibility index (Phi) is 5.02. The van der Waals surface area contributed by atoms with Crippen LogP contribution in [0.25, 0.3) is 11.3 Å². The summed E-state index contributed by atoms with van der Waals surface area (Å²) in [6, 6.07) is 17.4. The second-order valence-corrected chi connectivity index (χ2v) is 7.16. The Hall–Kier alpha value is -3.28. The van der Waals surface area contributed by atoms with Crippen LogP contribution >= 0.6 is 0 Å². The molecular formula is C22H24N4O2. The first-order valence-electron chi connectivity index (χ1n) is 9.52. The molecule has 0 radical (unpaired) electrons. The minimum atomic E-state index is -0.0861. The number of hydrogen-bond donors (Lipinski definition) is 1. The lowest BCUT2D eigenvalue weighted by atomic mass is 10.0. The number of rotatable bonds is 3. The number of carbonyl (C=O) groups is 1. The molecule has 0 unspecified atom stereocenters. The van der Waals surface area contributed by atoms with Crippen molar-refractivity contribution in [3.05, 3.63) is 67.1 Å². The number of para-hydroxylation sites is 1. The van der Waals surface area contributed by atoms with Gasteiger partial charge in [0.05, 0.1) is 5.69 Å². The van der Waals surface area contributed by atoms with Crippen molar-refractivity contribution >= 4 is 11.7 Å². The molecule has 1 aromatic heterocycles. The van der Waals surface area contributed by atoms with Gasteiger partial charge in [0.15, 0.2) is 0 Å². The Bertz CT molecular complexity index is 946. The van der Waals surface area contributed by atoms with E-state index in [1.165, 1.54) is 16.6 Å². The molecule has 1 saturated heterocycles. The van der Waals surface area contributed by atoms with Gasteiger partial charge in [0, 0.05) is 43.6 Å². The molecule has 1 N–H and O–H groups in total. The lowest BCUT2D eigenvalue weighted by Gasteiger charge is -2.37. The van der Waals surface area contributed by atoms with Crippen molar-refractivity contribution in [2.45, 2.75) is 18.9 Å². The Balaban J connectivity index is 1.40. The lowest BCUT2D eigenvalue weighted by molar-refractivity contribution is 0.181. The van der Waals surface area contributed by atoms with Crippen LogP contribution in [0, 0.1) is 0 Å². The highest BCUT2D eigenvalue weighted by Gasteiger charge is 2.26. The van der Waals surface area contributed by atoms with Gasteiger partial charge < -0.3 is 14.9 Å². The number of phenolic OH excluding ortho intramolecular Hbond substituents is 1. The Labute approximate surface area is 164 Å². The van der Waals surface area contributed by atoms with Crippen molar-refractivity contribution in [2.24, 2.45) is 0 Å². The van der Waals surface area contributed by atoms with Crippen LogP contribution in [0.4, 0.5) is 10.5 Å². The molecule has 0 atom stereocenters. The van der Waals surface area contributed by atoms with Crippen molar-refractivity contribution in [1.29, 1.82) is 0 Å². The van der Waals surface area contributed by atoms with E-state index in [0.717, 1.165) is 31.5 Å². The first kappa shape index (κ1) is 18.1. The Morgan fingerprint density at radius 2 is 1.86 bits per heavy atom. The monoisotopic (exact) mass is 376 g/mol. The van der Waals surface area contributed by atoms with Gasteiger partial charge in [-0.1, -0.05) is 30.3 Å². The smallest absolute Gasteiger partial charge is 0.329 e. The number of hydrogen-bond acceptors (Lipinski definition) is 4. The number of imidazole rings is 1. The number of carbonyl (C=O) groups excluding carboxylic acids is 1. The molecule has 0 saturated carbocycles. The quantitative estimate of drug-likeness (QED) is 0.755. The van der Waals surface area contributed by atoms with Crippen LogP contribution in [-0.4, -0.2) is 51.8 Å². The Morgan fingerprint density at radius 1 is 1.11 bits per heavy atom. The number of anilines is 1. The third kappa shape index (κ3) is 3.71. The summed E-state index contributed by atoms with van der Waals surface area (Å²) in [6.07, 6.45) is 5.13. The molecule has 6 heteroatoms. The number of amides is 1. The second kappa shape index (κ2) is 7.76. The molecule has 144 valence electrons. The van der Waals surface area contributed by atoms with Crippen molar-refractivity contribution in [1.82, 2.24) is 14.5 Å². The zero-order valence-electron chi connectivity index (χ0n) is 15.9. The van der Waals surface area contributed by atoms with Crippen molar-refractivity contribution < 1.29 is 9.90 Å². The molecule has 1 aliphatic rings. The summed E-state index contributed by atoms with van der Waals surface area (Å²) in [5.41, 5.74) is 2.68. The van der Waals surface area contributed by atoms with Gasteiger partial charge in [-0.2, -0.15) is 0 Å².